The number of carbonyl (C=O) groups excluding carboxylic acids is 1. The van der Waals surface area contributed by atoms with Gasteiger partial charge in [-0.1, -0.05) is 35.6 Å². The van der Waals surface area contributed by atoms with Crippen molar-refractivity contribution in [3.05, 3.63) is 71.4 Å². The van der Waals surface area contributed by atoms with E-state index < -0.39 is 0 Å². The van der Waals surface area contributed by atoms with E-state index in [-0.39, 0.29) is 5.91 Å². The molecular weight excluding hydrogens is 360 g/mol. The monoisotopic (exact) mass is 378 g/mol. The van der Waals surface area contributed by atoms with E-state index in [0.717, 1.165) is 18.9 Å². The molecule has 0 saturated carbocycles. The van der Waals surface area contributed by atoms with E-state index in [0.29, 0.717) is 17.2 Å². The van der Waals surface area contributed by atoms with Crippen molar-refractivity contribution in [3.63, 3.8) is 0 Å². The van der Waals surface area contributed by atoms with Gasteiger partial charge in [0.2, 0.25) is 5.13 Å². The van der Waals surface area contributed by atoms with E-state index >= 15 is 0 Å². The number of amides is 1. The summed E-state index contributed by atoms with van der Waals surface area (Å²) in [5.41, 5.74) is 4.44. The van der Waals surface area contributed by atoms with Crippen LogP contribution in [-0.2, 0) is 6.54 Å². The van der Waals surface area contributed by atoms with E-state index in [2.05, 4.69) is 67.1 Å². The van der Waals surface area contributed by atoms with Crippen LogP contribution in [-0.4, -0.2) is 34.2 Å². The minimum Gasteiger partial charge on any atom is -0.366 e. The van der Waals surface area contributed by atoms with Crippen LogP contribution in [0.4, 0.5) is 16.6 Å². The molecule has 0 aliphatic carbocycles. The Labute approximate surface area is 160 Å². The molecule has 2 aromatic heterocycles. The topological polar surface area (TPSA) is 83.0 Å². The zero-order valence-electron chi connectivity index (χ0n) is 14.5. The van der Waals surface area contributed by atoms with Gasteiger partial charge in [-0.15, -0.1) is 10.2 Å². The molecule has 1 aliphatic rings. The lowest BCUT2D eigenvalue weighted by molar-refractivity contribution is 0.102. The Morgan fingerprint density at radius 3 is 2.59 bits per heavy atom. The van der Waals surface area contributed by atoms with Crippen molar-refractivity contribution >= 4 is 33.9 Å². The zero-order chi connectivity index (χ0) is 18.5. The first-order chi connectivity index (χ1) is 13.3. The normalized spacial score (nSPS) is 13.0. The Kier molecular flexibility index (Phi) is 5.06. The molecule has 1 aliphatic heterocycles. The van der Waals surface area contributed by atoms with Crippen LogP contribution in [0.3, 0.4) is 0 Å². The Morgan fingerprint density at radius 1 is 1.11 bits per heavy atom. The Bertz CT molecular complexity index is 914. The molecule has 0 saturated heterocycles. The van der Waals surface area contributed by atoms with Gasteiger partial charge in [-0.2, -0.15) is 0 Å². The molecule has 2 N–H and O–H groups in total. The van der Waals surface area contributed by atoms with Gasteiger partial charge in [-0.25, -0.2) is 4.98 Å². The molecule has 0 unspecified atom stereocenters. The smallest absolute Gasteiger partial charge is 0.259 e. The first-order valence-electron chi connectivity index (χ1n) is 8.54. The molecule has 136 valence electrons. The Hall–Kier alpha value is -3.26. The molecule has 0 bridgehead atoms. The van der Waals surface area contributed by atoms with Crippen LogP contribution in [0.25, 0.3) is 0 Å². The quantitative estimate of drug-likeness (QED) is 0.641. The van der Waals surface area contributed by atoms with Gasteiger partial charge >= 0.3 is 0 Å². The highest BCUT2D eigenvalue weighted by molar-refractivity contribution is 7.13. The third kappa shape index (κ3) is 4.29. The van der Waals surface area contributed by atoms with Crippen LogP contribution in [0.2, 0.25) is 0 Å². The van der Waals surface area contributed by atoms with E-state index in [1.807, 2.05) is 0 Å². The van der Waals surface area contributed by atoms with Crippen LogP contribution in [0.15, 0.2) is 60.3 Å². The summed E-state index contributed by atoms with van der Waals surface area (Å²) in [4.78, 5) is 18.7. The maximum Gasteiger partial charge on any atom is 0.259 e. The predicted molar refractivity (Wildman–Crippen MR) is 107 cm³/mol. The van der Waals surface area contributed by atoms with Crippen molar-refractivity contribution in [2.45, 2.75) is 6.54 Å². The zero-order valence-corrected chi connectivity index (χ0v) is 15.3. The maximum absolute atomic E-state index is 12.1. The molecule has 0 atom stereocenters. The summed E-state index contributed by atoms with van der Waals surface area (Å²) >= 11 is 1.27. The second-order valence-corrected chi connectivity index (χ2v) is 6.86. The number of hydrogen-bond acceptors (Lipinski definition) is 7. The fourth-order valence-corrected chi connectivity index (χ4v) is 3.18. The summed E-state index contributed by atoms with van der Waals surface area (Å²) < 4.78 is 0. The van der Waals surface area contributed by atoms with E-state index in [4.69, 9.17) is 0 Å². The van der Waals surface area contributed by atoms with Crippen LogP contribution in [0.5, 0.6) is 0 Å². The number of hydrogen-bond donors (Lipinski definition) is 2. The summed E-state index contributed by atoms with van der Waals surface area (Å²) in [5, 5.41) is 13.9. The molecule has 3 heterocycles. The van der Waals surface area contributed by atoms with Crippen molar-refractivity contribution < 1.29 is 4.79 Å². The molecule has 27 heavy (non-hydrogen) atoms. The highest BCUT2D eigenvalue weighted by Crippen LogP contribution is 2.18. The summed E-state index contributed by atoms with van der Waals surface area (Å²) in [6.07, 6.45) is 5.90. The van der Waals surface area contributed by atoms with Gasteiger partial charge in [-0.3, -0.25) is 10.1 Å². The minimum absolute atomic E-state index is 0.252. The summed E-state index contributed by atoms with van der Waals surface area (Å²) in [6.45, 7) is 2.61. The van der Waals surface area contributed by atoms with Crippen molar-refractivity contribution in [2.75, 3.05) is 28.6 Å². The number of nitrogens with zero attached hydrogens (tertiary/aromatic N) is 4. The Balaban J connectivity index is 1.31. The van der Waals surface area contributed by atoms with Crippen molar-refractivity contribution in [1.82, 2.24) is 15.2 Å². The van der Waals surface area contributed by atoms with Gasteiger partial charge in [-0.05, 0) is 29.8 Å². The van der Waals surface area contributed by atoms with Crippen LogP contribution >= 0.6 is 11.3 Å². The molecule has 0 radical (unpaired) electrons. The SMILES string of the molecule is O=C(Nc1nncs1)c1ccc(NCc2ccc(N3CC=CC3)cc2)nc1. The first kappa shape index (κ1) is 17.2. The fraction of sp³-hybridized carbons (Fsp3) is 0.158. The summed E-state index contributed by atoms with van der Waals surface area (Å²) in [7, 11) is 0. The predicted octanol–water partition coefficient (Wildman–Crippen LogP) is 3.17. The molecule has 0 fully saturated rings. The van der Waals surface area contributed by atoms with Crippen LogP contribution < -0.4 is 15.5 Å². The summed E-state index contributed by atoms with van der Waals surface area (Å²) in [6, 6.07) is 12.0. The lowest BCUT2D eigenvalue weighted by Gasteiger charge is -2.17. The number of benzene rings is 1. The first-order valence-corrected chi connectivity index (χ1v) is 9.42. The number of aromatic nitrogens is 3. The fourth-order valence-electron chi connectivity index (χ4n) is 2.74. The number of rotatable bonds is 6. The van der Waals surface area contributed by atoms with E-state index in [1.165, 1.54) is 22.6 Å². The number of nitrogens with one attached hydrogen (secondary N) is 2. The number of pyridine rings is 1. The second-order valence-electron chi connectivity index (χ2n) is 6.03. The standard InChI is InChI=1S/C19H18N6OS/c26-18(23-19-24-22-13-27-19)15-5-8-17(21-12-15)20-11-14-3-6-16(7-4-14)25-9-1-2-10-25/h1-8,12-13H,9-11H2,(H,20,21)(H,23,24,26). The molecule has 0 spiro atoms. The van der Waals surface area contributed by atoms with E-state index in [9.17, 15) is 4.79 Å². The van der Waals surface area contributed by atoms with Gasteiger partial charge in [0.25, 0.3) is 5.91 Å². The molecule has 3 aromatic rings. The molecule has 1 aromatic carbocycles. The third-order valence-electron chi connectivity index (χ3n) is 4.20. The molecule has 7 nitrogen and oxygen atoms in total. The maximum atomic E-state index is 12.1. The molecule has 4 rings (SSSR count). The van der Waals surface area contributed by atoms with Crippen molar-refractivity contribution in [2.24, 2.45) is 0 Å². The molecule has 8 heteroatoms. The van der Waals surface area contributed by atoms with E-state index in [1.54, 1.807) is 23.8 Å². The summed E-state index contributed by atoms with van der Waals surface area (Å²) in [5.74, 6) is 0.466. The van der Waals surface area contributed by atoms with Crippen LogP contribution in [0.1, 0.15) is 15.9 Å². The van der Waals surface area contributed by atoms with Gasteiger partial charge in [0.15, 0.2) is 0 Å². The average molecular weight is 378 g/mol. The van der Waals surface area contributed by atoms with Gasteiger partial charge in [0.05, 0.1) is 5.56 Å². The highest BCUT2D eigenvalue weighted by Gasteiger charge is 2.09. The largest absolute Gasteiger partial charge is 0.366 e. The lowest BCUT2D eigenvalue weighted by Crippen LogP contribution is -2.18. The third-order valence-corrected chi connectivity index (χ3v) is 4.81. The van der Waals surface area contributed by atoms with Crippen molar-refractivity contribution in [3.8, 4) is 0 Å². The van der Waals surface area contributed by atoms with Crippen molar-refractivity contribution in [1.29, 1.82) is 0 Å². The molecule has 1 amide bonds. The minimum atomic E-state index is -0.252. The number of anilines is 3. The van der Waals surface area contributed by atoms with Gasteiger partial charge < -0.3 is 10.2 Å². The highest BCUT2D eigenvalue weighted by atomic mass is 32.1. The Morgan fingerprint density at radius 2 is 1.93 bits per heavy atom. The van der Waals surface area contributed by atoms with Gasteiger partial charge in [0, 0.05) is 31.5 Å². The number of carbonyl (C=O) groups is 1. The van der Waals surface area contributed by atoms with Crippen LogP contribution in [0, 0.1) is 0 Å². The van der Waals surface area contributed by atoms with Gasteiger partial charge in [0.1, 0.15) is 11.3 Å². The second kappa shape index (κ2) is 7.96. The molecular formula is C19H18N6OS. The average Bonchev–Trinajstić information content (AvgIpc) is 3.41. The lowest BCUT2D eigenvalue weighted by atomic mass is 10.2.